The first kappa shape index (κ1) is 17.4. The number of methoxy groups -OCH3 is 1. The van der Waals surface area contributed by atoms with E-state index < -0.39 is 4.92 Å². The molecule has 7 nitrogen and oxygen atoms in total. The molecule has 0 bridgehead atoms. The minimum Gasteiger partial charge on any atom is -0.384 e. The van der Waals surface area contributed by atoms with Gasteiger partial charge in [0.1, 0.15) is 0 Å². The minimum atomic E-state index is -0.454. The zero-order valence-electron chi connectivity index (χ0n) is 13.3. The Balaban J connectivity index is 1.91. The molecule has 2 rings (SSSR count). The Labute approximate surface area is 135 Å². The maximum absolute atomic E-state index is 12.1. The fraction of sp³-hybridized carbons (Fsp3) is 0.562. The number of hydrogen-bond donors (Lipinski definition) is 2. The largest absolute Gasteiger partial charge is 0.384 e. The first-order valence-electron chi connectivity index (χ1n) is 7.74. The molecule has 23 heavy (non-hydrogen) atoms. The van der Waals surface area contributed by atoms with Crippen LogP contribution >= 0.6 is 0 Å². The Hall–Kier alpha value is -1.99. The quantitative estimate of drug-likeness (QED) is 0.583. The van der Waals surface area contributed by atoms with Crippen LogP contribution in [0.2, 0.25) is 0 Å². The minimum absolute atomic E-state index is 0.00417. The van der Waals surface area contributed by atoms with Crippen LogP contribution in [0.25, 0.3) is 0 Å². The van der Waals surface area contributed by atoms with E-state index in [0.29, 0.717) is 18.7 Å². The first-order chi connectivity index (χ1) is 11.0. The average molecular weight is 321 g/mol. The molecule has 0 saturated carbocycles. The first-order valence-corrected chi connectivity index (χ1v) is 7.74. The van der Waals surface area contributed by atoms with E-state index in [1.807, 2.05) is 0 Å². The highest BCUT2D eigenvalue weighted by molar-refractivity contribution is 5.78. The third kappa shape index (κ3) is 5.01. The molecule has 1 aliphatic rings. The number of nitro benzene ring substituents is 1. The van der Waals surface area contributed by atoms with Crippen molar-refractivity contribution >= 4 is 11.6 Å². The second-order valence-electron chi connectivity index (χ2n) is 6.06. The van der Waals surface area contributed by atoms with E-state index in [2.05, 4.69) is 10.6 Å². The van der Waals surface area contributed by atoms with Gasteiger partial charge < -0.3 is 15.4 Å². The van der Waals surface area contributed by atoms with Crippen molar-refractivity contribution in [3.05, 3.63) is 39.9 Å². The van der Waals surface area contributed by atoms with Gasteiger partial charge in [-0.25, -0.2) is 0 Å². The van der Waals surface area contributed by atoms with Crippen LogP contribution in [0.5, 0.6) is 0 Å². The van der Waals surface area contributed by atoms with Crippen molar-refractivity contribution in [3.63, 3.8) is 0 Å². The van der Waals surface area contributed by atoms with Crippen LogP contribution in [-0.4, -0.2) is 44.2 Å². The van der Waals surface area contributed by atoms with E-state index in [1.165, 1.54) is 12.1 Å². The number of piperidine rings is 1. The second-order valence-corrected chi connectivity index (χ2v) is 6.06. The zero-order valence-corrected chi connectivity index (χ0v) is 13.3. The van der Waals surface area contributed by atoms with Crippen LogP contribution in [0.3, 0.4) is 0 Å². The number of carbonyl (C=O) groups excluding carboxylic acids is 1. The van der Waals surface area contributed by atoms with Crippen LogP contribution in [0.15, 0.2) is 24.3 Å². The highest BCUT2D eigenvalue weighted by Crippen LogP contribution is 2.28. The number of nitrogens with zero attached hydrogens (tertiary/aromatic N) is 1. The Bertz CT molecular complexity index is 551. The molecule has 1 aromatic carbocycles. The maximum Gasteiger partial charge on any atom is 0.269 e. The Morgan fingerprint density at radius 1 is 1.43 bits per heavy atom. The summed E-state index contributed by atoms with van der Waals surface area (Å²) in [6, 6.07) is 6.18. The molecule has 1 heterocycles. The van der Waals surface area contributed by atoms with Gasteiger partial charge in [-0.05, 0) is 31.5 Å². The number of carbonyl (C=O) groups is 1. The van der Waals surface area contributed by atoms with Gasteiger partial charge in [-0.15, -0.1) is 0 Å². The molecule has 0 atom stereocenters. The second kappa shape index (κ2) is 8.03. The Morgan fingerprint density at radius 3 is 2.83 bits per heavy atom. The van der Waals surface area contributed by atoms with Gasteiger partial charge in [0.2, 0.25) is 5.91 Å². The predicted molar refractivity (Wildman–Crippen MR) is 86.2 cm³/mol. The van der Waals surface area contributed by atoms with Crippen LogP contribution in [-0.2, 0) is 16.0 Å². The molecule has 1 aliphatic heterocycles. The van der Waals surface area contributed by atoms with Gasteiger partial charge in [-0.2, -0.15) is 0 Å². The number of hydrogen-bond acceptors (Lipinski definition) is 5. The summed E-state index contributed by atoms with van der Waals surface area (Å²) in [7, 11) is 1.68. The molecule has 0 spiro atoms. The zero-order chi connectivity index (χ0) is 16.7. The SMILES string of the molecule is COCC1(CNC(=O)Cc2cccc([N+](=O)[O-])c2)CCNCC1. The van der Waals surface area contributed by atoms with Crippen LogP contribution in [0.4, 0.5) is 5.69 Å². The summed E-state index contributed by atoms with van der Waals surface area (Å²) in [6.07, 6.45) is 2.05. The van der Waals surface area contributed by atoms with Crippen molar-refractivity contribution in [2.75, 3.05) is 33.4 Å². The molecule has 1 saturated heterocycles. The van der Waals surface area contributed by atoms with Crippen molar-refractivity contribution < 1.29 is 14.5 Å². The summed E-state index contributed by atoms with van der Waals surface area (Å²) in [5.41, 5.74) is 0.616. The number of benzene rings is 1. The van der Waals surface area contributed by atoms with E-state index in [-0.39, 0.29) is 23.4 Å². The van der Waals surface area contributed by atoms with Gasteiger partial charge in [0.25, 0.3) is 5.69 Å². The molecule has 7 heteroatoms. The number of rotatable bonds is 7. The van der Waals surface area contributed by atoms with Crippen LogP contribution in [0, 0.1) is 15.5 Å². The lowest BCUT2D eigenvalue weighted by molar-refractivity contribution is -0.384. The van der Waals surface area contributed by atoms with Crippen molar-refractivity contribution in [3.8, 4) is 0 Å². The normalized spacial score (nSPS) is 16.7. The Kier molecular flexibility index (Phi) is 6.06. The van der Waals surface area contributed by atoms with Crippen LogP contribution in [0.1, 0.15) is 18.4 Å². The van der Waals surface area contributed by atoms with Gasteiger partial charge >= 0.3 is 0 Å². The van der Waals surface area contributed by atoms with E-state index in [9.17, 15) is 14.9 Å². The van der Waals surface area contributed by atoms with E-state index >= 15 is 0 Å². The fourth-order valence-electron chi connectivity index (χ4n) is 2.95. The summed E-state index contributed by atoms with van der Waals surface area (Å²) in [4.78, 5) is 22.5. The molecule has 126 valence electrons. The number of non-ortho nitro benzene ring substituents is 1. The molecular weight excluding hydrogens is 298 g/mol. The highest BCUT2D eigenvalue weighted by atomic mass is 16.6. The lowest BCUT2D eigenvalue weighted by Crippen LogP contribution is -2.47. The summed E-state index contributed by atoms with van der Waals surface area (Å²) in [5.74, 6) is -0.125. The molecule has 1 aromatic rings. The number of amides is 1. The fourth-order valence-corrected chi connectivity index (χ4v) is 2.95. The molecule has 0 unspecified atom stereocenters. The van der Waals surface area contributed by atoms with Crippen LogP contribution < -0.4 is 10.6 Å². The lowest BCUT2D eigenvalue weighted by Gasteiger charge is -2.37. The number of nitrogens with one attached hydrogen (secondary N) is 2. The number of nitro groups is 1. The summed E-state index contributed by atoms with van der Waals surface area (Å²) in [6.45, 7) is 3.02. The molecule has 0 radical (unpaired) electrons. The third-order valence-electron chi connectivity index (χ3n) is 4.26. The van der Waals surface area contributed by atoms with Gasteiger partial charge in [-0.1, -0.05) is 12.1 Å². The van der Waals surface area contributed by atoms with Crippen molar-refractivity contribution in [2.24, 2.45) is 5.41 Å². The van der Waals surface area contributed by atoms with E-state index in [0.717, 1.165) is 25.9 Å². The van der Waals surface area contributed by atoms with E-state index in [1.54, 1.807) is 19.2 Å². The summed E-state index contributed by atoms with van der Waals surface area (Å²) >= 11 is 0. The van der Waals surface area contributed by atoms with Gasteiger partial charge in [-0.3, -0.25) is 14.9 Å². The topological polar surface area (TPSA) is 93.5 Å². The highest BCUT2D eigenvalue weighted by Gasteiger charge is 2.32. The van der Waals surface area contributed by atoms with Crippen molar-refractivity contribution in [2.45, 2.75) is 19.3 Å². The average Bonchev–Trinajstić information content (AvgIpc) is 2.54. The lowest BCUT2D eigenvalue weighted by atomic mass is 9.79. The van der Waals surface area contributed by atoms with Crippen molar-refractivity contribution in [1.82, 2.24) is 10.6 Å². The molecular formula is C16H23N3O4. The van der Waals surface area contributed by atoms with Crippen molar-refractivity contribution in [1.29, 1.82) is 0 Å². The molecule has 0 aliphatic carbocycles. The van der Waals surface area contributed by atoms with E-state index in [4.69, 9.17) is 4.74 Å². The summed E-state index contributed by atoms with van der Waals surface area (Å²) < 4.78 is 5.32. The summed E-state index contributed by atoms with van der Waals surface area (Å²) in [5, 5.41) is 17.0. The Morgan fingerprint density at radius 2 is 2.17 bits per heavy atom. The molecule has 2 N–H and O–H groups in total. The number of ether oxygens (including phenoxy) is 1. The smallest absolute Gasteiger partial charge is 0.269 e. The monoisotopic (exact) mass is 321 g/mol. The van der Waals surface area contributed by atoms with Gasteiger partial charge in [0, 0.05) is 31.2 Å². The third-order valence-corrected chi connectivity index (χ3v) is 4.26. The molecule has 1 amide bonds. The standard InChI is InChI=1S/C16H23N3O4/c1-23-12-16(5-7-17-8-6-16)11-18-15(20)10-13-3-2-4-14(9-13)19(21)22/h2-4,9,17H,5-8,10-12H2,1H3,(H,18,20). The molecule has 1 fully saturated rings. The maximum atomic E-state index is 12.1. The van der Waals surface area contributed by atoms with Gasteiger partial charge in [0.05, 0.1) is 18.0 Å². The predicted octanol–water partition coefficient (Wildman–Crippen LogP) is 1.27. The van der Waals surface area contributed by atoms with Gasteiger partial charge in [0.15, 0.2) is 0 Å². The molecule has 0 aromatic heterocycles.